The Morgan fingerprint density at radius 1 is 1.47 bits per heavy atom. The Morgan fingerprint density at radius 2 is 2.21 bits per heavy atom. The molecule has 0 saturated carbocycles. The van der Waals surface area contributed by atoms with Crippen LogP contribution >= 0.6 is 0 Å². The Kier molecular flexibility index (Phi) is 3.77. The van der Waals surface area contributed by atoms with E-state index in [-0.39, 0.29) is 25.6 Å². The van der Waals surface area contributed by atoms with E-state index in [0.717, 1.165) is 12.1 Å². The first-order valence-electron chi connectivity index (χ1n) is 5.61. The van der Waals surface area contributed by atoms with Gasteiger partial charge in [-0.1, -0.05) is 6.07 Å². The number of fused-ring (bicyclic) bond motifs is 1. The van der Waals surface area contributed by atoms with Crippen molar-refractivity contribution in [3.05, 3.63) is 29.3 Å². The summed E-state index contributed by atoms with van der Waals surface area (Å²) in [6, 6.07) is 2.35. The molecule has 1 atom stereocenters. The van der Waals surface area contributed by atoms with Gasteiger partial charge in [-0.3, -0.25) is 4.90 Å². The fraction of sp³-hybridized carbons (Fsp3) is 0.417. The number of aliphatic hydroxyl groups excluding tert-OH is 1. The number of halogens is 3. The van der Waals surface area contributed by atoms with E-state index >= 15 is 0 Å². The zero-order valence-corrected chi connectivity index (χ0v) is 9.85. The molecular formula is C12H12F3NO3. The zero-order valence-electron chi connectivity index (χ0n) is 9.85. The van der Waals surface area contributed by atoms with Gasteiger partial charge in [0.2, 0.25) is 0 Å². The van der Waals surface area contributed by atoms with E-state index in [2.05, 4.69) is 0 Å². The molecule has 0 saturated heterocycles. The molecule has 1 aromatic carbocycles. The molecule has 2 rings (SSSR count). The first-order valence-corrected chi connectivity index (χ1v) is 5.61. The van der Waals surface area contributed by atoms with Gasteiger partial charge in [-0.15, -0.1) is 0 Å². The quantitative estimate of drug-likeness (QED) is 0.851. The third-order valence-corrected chi connectivity index (χ3v) is 2.95. The first kappa shape index (κ1) is 13.8. The molecule has 0 spiro atoms. The maximum absolute atomic E-state index is 12.6. The van der Waals surface area contributed by atoms with Gasteiger partial charge in [-0.05, 0) is 12.1 Å². The molecule has 0 amide bonds. The lowest BCUT2D eigenvalue weighted by molar-refractivity contribution is -0.137. The predicted molar refractivity (Wildman–Crippen MR) is 59.5 cm³/mol. The fourth-order valence-corrected chi connectivity index (χ4v) is 2.00. The van der Waals surface area contributed by atoms with Crippen molar-refractivity contribution in [2.24, 2.45) is 0 Å². The maximum Gasteiger partial charge on any atom is 0.416 e. The molecule has 1 aliphatic heterocycles. The van der Waals surface area contributed by atoms with Gasteiger partial charge in [-0.2, -0.15) is 13.2 Å². The zero-order chi connectivity index (χ0) is 14.0. The summed E-state index contributed by atoms with van der Waals surface area (Å²) in [6.45, 7) is 0.0197. The lowest BCUT2D eigenvalue weighted by Gasteiger charge is -2.33. The van der Waals surface area contributed by atoms with Crippen molar-refractivity contribution in [3.63, 3.8) is 0 Å². The number of benzene rings is 1. The molecule has 0 aliphatic carbocycles. The molecule has 1 unspecified atom stereocenters. The number of ether oxygens (including phenoxy) is 1. The van der Waals surface area contributed by atoms with Crippen LogP contribution in [0.1, 0.15) is 17.2 Å². The molecule has 1 aromatic rings. The maximum atomic E-state index is 12.6. The second kappa shape index (κ2) is 5.18. The highest BCUT2D eigenvalue weighted by atomic mass is 19.4. The van der Waals surface area contributed by atoms with Crippen molar-refractivity contribution in [1.82, 2.24) is 4.90 Å². The second-order valence-corrected chi connectivity index (χ2v) is 4.14. The van der Waals surface area contributed by atoms with Crippen molar-refractivity contribution in [1.29, 1.82) is 0 Å². The Labute approximate surface area is 107 Å². The van der Waals surface area contributed by atoms with Crippen LogP contribution in [0.25, 0.3) is 0 Å². The molecule has 0 fully saturated rings. The van der Waals surface area contributed by atoms with E-state index in [9.17, 15) is 18.0 Å². The molecule has 0 bridgehead atoms. The first-order chi connectivity index (χ1) is 8.97. The minimum absolute atomic E-state index is 0.0295. The molecule has 19 heavy (non-hydrogen) atoms. The lowest BCUT2D eigenvalue weighted by Crippen LogP contribution is -2.39. The average molecular weight is 275 g/mol. The van der Waals surface area contributed by atoms with Gasteiger partial charge < -0.3 is 14.6 Å². The van der Waals surface area contributed by atoms with Gasteiger partial charge >= 0.3 is 6.18 Å². The van der Waals surface area contributed by atoms with E-state index in [0.29, 0.717) is 11.8 Å². The van der Waals surface area contributed by atoms with Crippen LogP contribution in [0, 0.1) is 0 Å². The molecule has 104 valence electrons. The number of carbonyl (C=O) groups excluding carboxylic acids is 1. The number of alkyl halides is 3. The number of β-amino-alcohol motifs (C(OH)–C–C–N with tert-alkyl or cyclic N) is 1. The van der Waals surface area contributed by atoms with Crippen LogP contribution in [0.2, 0.25) is 0 Å². The SMILES string of the molecule is O=CC1c2ccc(C(F)(F)F)cc2OCN1CCO. The number of rotatable bonds is 3. The van der Waals surface area contributed by atoms with Gasteiger partial charge in [0, 0.05) is 12.1 Å². The van der Waals surface area contributed by atoms with Crippen LogP contribution in [-0.2, 0) is 11.0 Å². The predicted octanol–water partition coefficient (Wildman–Crippen LogP) is 1.59. The molecule has 7 heteroatoms. The summed E-state index contributed by atoms with van der Waals surface area (Å²) in [7, 11) is 0. The fourth-order valence-electron chi connectivity index (χ4n) is 2.00. The highest BCUT2D eigenvalue weighted by Crippen LogP contribution is 2.38. The molecule has 1 N–H and O–H groups in total. The van der Waals surface area contributed by atoms with Gasteiger partial charge in [0.05, 0.1) is 18.2 Å². The highest BCUT2D eigenvalue weighted by molar-refractivity contribution is 5.64. The van der Waals surface area contributed by atoms with Crippen LogP contribution < -0.4 is 4.74 Å². The number of hydrogen-bond acceptors (Lipinski definition) is 4. The molecule has 0 radical (unpaired) electrons. The summed E-state index contributed by atoms with van der Waals surface area (Å²) in [6.07, 6.45) is -3.82. The monoisotopic (exact) mass is 275 g/mol. The number of hydrogen-bond donors (Lipinski definition) is 1. The topological polar surface area (TPSA) is 49.8 Å². The molecule has 4 nitrogen and oxygen atoms in total. The summed E-state index contributed by atoms with van der Waals surface area (Å²) >= 11 is 0. The summed E-state index contributed by atoms with van der Waals surface area (Å²) in [5.74, 6) is 0.0566. The van der Waals surface area contributed by atoms with Gasteiger partial charge in [0.1, 0.15) is 18.8 Å². The number of aliphatic hydroxyl groups is 1. The van der Waals surface area contributed by atoms with Gasteiger partial charge in [0.15, 0.2) is 0 Å². The summed E-state index contributed by atoms with van der Waals surface area (Å²) in [5, 5.41) is 8.87. The van der Waals surface area contributed by atoms with Crippen molar-refractivity contribution in [2.75, 3.05) is 19.9 Å². The number of aldehydes is 1. The van der Waals surface area contributed by atoms with E-state index in [4.69, 9.17) is 9.84 Å². The second-order valence-electron chi connectivity index (χ2n) is 4.14. The summed E-state index contributed by atoms with van der Waals surface area (Å²) in [5.41, 5.74) is -0.436. The Hall–Kier alpha value is -1.60. The molecule has 1 aliphatic rings. The number of carbonyl (C=O) groups is 1. The Balaban J connectivity index is 2.36. The summed E-state index contributed by atoms with van der Waals surface area (Å²) in [4.78, 5) is 12.6. The van der Waals surface area contributed by atoms with Gasteiger partial charge in [-0.25, -0.2) is 0 Å². The average Bonchev–Trinajstić information content (AvgIpc) is 2.37. The summed E-state index contributed by atoms with van der Waals surface area (Å²) < 4.78 is 42.9. The standard InChI is InChI=1S/C12H12F3NO3/c13-12(14,15)8-1-2-9-10(6-18)16(3-4-17)7-19-11(9)5-8/h1-2,5-6,10,17H,3-4,7H2. The van der Waals surface area contributed by atoms with E-state index in [1.807, 2.05) is 0 Å². The largest absolute Gasteiger partial charge is 0.478 e. The van der Waals surface area contributed by atoms with Crippen LogP contribution in [0.5, 0.6) is 5.75 Å². The van der Waals surface area contributed by atoms with Crippen molar-refractivity contribution >= 4 is 6.29 Å². The minimum atomic E-state index is -4.45. The number of nitrogens with zero attached hydrogens (tertiary/aromatic N) is 1. The smallest absolute Gasteiger partial charge is 0.416 e. The van der Waals surface area contributed by atoms with Crippen molar-refractivity contribution in [3.8, 4) is 5.75 Å². The van der Waals surface area contributed by atoms with Crippen LogP contribution in [0.4, 0.5) is 13.2 Å². The molecular weight excluding hydrogens is 263 g/mol. The third kappa shape index (κ3) is 2.71. The van der Waals surface area contributed by atoms with Crippen molar-refractivity contribution < 1.29 is 27.8 Å². The van der Waals surface area contributed by atoms with Crippen LogP contribution in [-0.4, -0.2) is 36.2 Å². The van der Waals surface area contributed by atoms with Gasteiger partial charge in [0.25, 0.3) is 0 Å². The molecule has 0 aromatic heterocycles. The van der Waals surface area contributed by atoms with Crippen molar-refractivity contribution in [2.45, 2.75) is 12.2 Å². The highest BCUT2D eigenvalue weighted by Gasteiger charge is 2.34. The Bertz CT molecular complexity index is 476. The van der Waals surface area contributed by atoms with E-state index in [1.165, 1.54) is 6.07 Å². The van der Waals surface area contributed by atoms with Crippen LogP contribution in [0.15, 0.2) is 18.2 Å². The molecule has 1 heterocycles. The van der Waals surface area contributed by atoms with E-state index in [1.54, 1.807) is 4.90 Å². The normalized spacial score (nSPS) is 19.7. The third-order valence-electron chi connectivity index (χ3n) is 2.95. The lowest BCUT2D eigenvalue weighted by atomic mass is 10.0. The Morgan fingerprint density at radius 3 is 2.79 bits per heavy atom. The van der Waals surface area contributed by atoms with Crippen LogP contribution in [0.3, 0.4) is 0 Å². The minimum Gasteiger partial charge on any atom is -0.478 e. The van der Waals surface area contributed by atoms with E-state index < -0.39 is 17.8 Å².